The van der Waals surface area contributed by atoms with E-state index in [4.69, 9.17) is 4.74 Å². The van der Waals surface area contributed by atoms with Gasteiger partial charge in [0.2, 0.25) is 5.88 Å². The van der Waals surface area contributed by atoms with Crippen LogP contribution in [0.1, 0.15) is 51.5 Å². The Morgan fingerprint density at radius 3 is 2.72 bits per heavy atom. The summed E-state index contributed by atoms with van der Waals surface area (Å²) in [7, 11) is 1.93. The van der Waals surface area contributed by atoms with Crippen molar-refractivity contribution in [3.8, 4) is 5.88 Å². The molecule has 0 aliphatic carbocycles. The molecule has 18 heavy (non-hydrogen) atoms. The van der Waals surface area contributed by atoms with Crippen molar-refractivity contribution in [3.63, 3.8) is 0 Å². The highest BCUT2D eigenvalue weighted by molar-refractivity contribution is 5.17. The molecule has 3 heteroatoms. The maximum Gasteiger partial charge on any atom is 0.213 e. The molecule has 0 fully saturated rings. The molecule has 1 unspecified atom stereocenters. The molecule has 0 aromatic carbocycles. The Hall–Kier alpha value is -1.09. The molecule has 1 aromatic rings. The molecule has 1 N–H and O–H groups in total. The molecule has 0 aliphatic heterocycles. The number of ether oxygens (including phenoxy) is 1. The number of hydrogen-bond acceptors (Lipinski definition) is 3. The zero-order valence-corrected chi connectivity index (χ0v) is 11.9. The summed E-state index contributed by atoms with van der Waals surface area (Å²) in [5.41, 5.74) is 1.18. The fourth-order valence-electron chi connectivity index (χ4n) is 1.91. The Bertz CT molecular complexity index is 311. The summed E-state index contributed by atoms with van der Waals surface area (Å²) in [6, 6.07) is 4.01. The van der Waals surface area contributed by atoms with Crippen LogP contribution in [0.5, 0.6) is 5.88 Å². The van der Waals surface area contributed by atoms with E-state index in [-0.39, 0.29) is 6.10 Å². The maximum absolute atomic E-state index is 5.80. The topological polar surface area (TPSA) is 34.1 Å². The number of rotatable bonds is 9. The number of nitrogens with one attached hydrogen (secondary N) is 1. The van der Waals surface area contributed by atoms with Gasteiger partial charge in [-0.2, -0.15) is 0 Å². The molecule has 102 valence electrons. The zero-order chi connectivity index (χ0) is 13.2. The van der Waals surface area contributed by atoms with Gasteiger partial charge in [-0.05, 0) is 32.4 Å². The highest BCUT2D eigenvalue weighted by atomic mass is 16.5. The van der Waals surface area contributed by atoms with Crippen LogP contribution in [0.15, 0.2) is 18.3 Å². The van der Waals surface area contributed by atoms with Gasteiger partial charge in [-0.15, -0.1) is 0 Å². The molecular formula is C15H26N2O. The van der Waals surface area contributed by atoms with Crippen LogP contribution in [0.3, 0.4) is 0 Å². The summed E-state index contributed by atoms with van der Waals surface area (Å²) in [6.07, 6.45) is 8.39. The Labute approximate surface area is 111 Å². The summed E-state index contributed by atoms with van der Waals surface area (Å²) < 4.78 is 5.80. The van der Waals surface area contributed by atoms with Crippen molar-refractivity contribution in [2.75, 3.05) is 7.05 Å². The third-order valence-corrected chi connectivity index (χ3v) is 2.96. The van der Waals surface area contributed by atoms with E-state index in [0.29, 0.717) is 0 Å². The highest BCUT2D eigenvalue weighted by Gasteiger charge is 2.04. The van der Waals surface area contributed by atoms with Crippen molar-refractivity contribution in [1.29, 1.82) is 0 Å². The van der Waals surface area contributed by atoms with E-state index in [1.165, 1.54) is 31.2 Å². The van der Waals surface area contributed by atoms with Crippen molar-refractivity contribution < 1.29 is 4.74 Å². The van der Waals surface area contributed by atoms with Crippen molar-refractivity contribution in [3.05, 3.63) is 23.9 Å². The molecule has 1 rings (SSSR count). The normalized spacial score (nSPS) is 12.4. The second kappa shape index (κ2) is 8.92. The minimum atomic E-state index is 0.254. The van der Waals surface area contributed by atoms with Crippen LogP contribution in [-0.2, 0) is 6.54 Å². The second-order valence-electron chi connectivity index (χ2n) is 4.81. The van der Waals surface area contributed by atoms with Crippen LogP contribution < -0.4 is 10.1 Å². The first-order chi connectivity index (χ1) is 8.76. The molecule has 0 saturated heterocycles. The molecule has 1 aromatic heterocycles. The van der Waals surface area contributed by atoms with Gasteiger partial charge in [0.25, 0.3) is 0 Å². The van der Waals surface area contributed by atoms with E-state index in [1.807, 2.05) is 19.3 Å². The van der Waals surface area contributed by atoms with Crippen LogP contribution in [0.2, 0.25) is 0 Å². The number of hydrogen-bond donors (Lipinski definition) is 1. The fraction of sp³-hybridized carbons (Fsp3) is 0.667. The highest BCUT2D eigenvalue weighted by Crippen LogP contribution is 2.13. The molecule has 3 nitrogen and oxygen atoms in total. The molecule has 0 saturated carbocycles. The van der Waals surface area contributed by atoms with E-state index in [0.717, 1.165) is 18.8 Å². The summed E-state index contributed by atoms with van der Waals surface area (Å²) >= 11 is 0. The van der Waals surface area contributed by atoms with Gasteiger partial charge in [-0.1, -0.05) is 32.3 Å². The Morgan fingerprint density at radius 1 is 1.28 bits per heavy atom. The lowest BCUT2D eigenvalue weighted by molar-refractivity contribution is 0.198. The lowest BCUT2D eigenvalue weighted by Crippen LogP contribution is -2.12. The lowest BCUT2D eigenvalue weighted by Gasteiger charge is -2.13. The molecule has 0 aliphatic rings. The molecule has 0 bridgehead atoms. The van der Waals surface area contributed by atoms with Crippen molar-refractivity contribution in [2.24, 2.45) is 0 Å². The van der Waals surface area contributed by atoms with Gasteiger partial charge in [0.1, 0.15) is 0 Å². The average Bonchev–Trinajstić information content (AvgIpc) is 2.37. The monoisotopic (exact) mass is 250 g/mol. The number of unbranched alkanes of at least 4 members (excludes halogenated alkanes) is 3. The summed E-state index contributed by atoms with van der Waals surface area (Å²) in [5.74, 6) is 0.734. The van der Waals surface area contributed by atoms with Gasteiger partial charge in [0.05, 0.1) is 6.10 Å². The number of pyridine rings is 1. The summed E-state index contributed by atoms with van der Waals surface area (Å²) in [6.45, 7) is 5.20. The van der Waals surface area contributed by atoms with Gasteiger partial charge in [0.15, 0.2) is 0 Å². The maximum atomic E-state index is 5.80. The molecule has 1 atom stereocenters. The number of aromatic nitrogens is 1. The summed E-state index contributed by atoms with van der Waals surface area (Å²) in [5, 5.41) is 3.10. The standard InChI is InChI=1S/C15H26N2O/c1-4-5-6-7-8-13(2)18-15-10-9-14(11-16-3)12-17-15/h9-10,12-13,16H,4-8,11H2,1-3H3. The first-order valence-corrected chi connectivity index (χ1v) is 7.02. The van der Waals surface area contributed by atoms with Crippen molar-refractivity contribution >= 4 is 0 Å². The first-order valence-electron chi connectivity index (χ1n) is 7.02. The third kappa shape index (κ3) is 6.01. The predicted molar refractivity (Wildman–Crippen MR) is 75.8 cm³/mol. The fourth-order valence-corrected chi connectivity index (χ4v) is 1.91. The average molecular weight is 250 g/mol. The van der Waals surface area contributed by atoms with E-state index in [9.17, 15) is 0 Å². The van der Waals surface area contributed by atoms with Crippen LogP contribution in [0.4, 0.5) is 0 Å². The van der Waals surface area contributed by atoms with Gasteiger partial charge in [-0.25, -0.2) is 4.98 Å². The van der Waals surface area contributed by atoms with E-state index in [2.05, 4.69) is 30.2 Å². The van der Waals surface area contributed by atoms with Crippen molar-refractivity contribution in [2.45, 2.75) is 58.6 Å². The van der Waals surface area contributed by atoms with Crippen LogP contribution >= 0.6 is 0 Å². The molecular weight excluding hydrogens is 224 g/mol. The predicted octanol–water partition coefficient (Wildman–Crippen LogP) is 3.54. The SMILES string of the molecule is CCCCCCC(C)Oc1ccc(CNC)cn1. The van der Waals surface area contributed by atoms with Crippen LogP contribution in [-0.4, -0.2) is 18.1 Å². The Kier molecular flexibility index (Phi) is 7.42. The van der Waals surface area contributed by atoms with Gasteiger partial charge < -0.3 is 10.1 Å². The lowest BCUT2D eigenvalue weighted by atomic mass is 10.1. The van der Waals surface area contributed by atoms with Crippen LogP contribution in [0, 0.1) is 0 Å². The smallest absolute Gasteiger partial charge is 0.213 e. The number of nitrogens with zero attached hydrogens (tertiary/aromatic N) is 1. The molecule has 0 radical (unpaired) electrons. The largest absolute Gasteiger partial charge is 0.475 e. The van der Waals surface area contributed by atoms with Gasteiger partial charge in [-0.3, -0.25) is 0 Å². The van der Waals surface area contributed by atoms with Gasteiger partial charge in [0, 0.05) is 18.8 Å². The van der Waals surface area contributed by atoms with Crippen molar-refractivity contribution in [1.82, 2.24) is 10.3 Å². The zero-order valence-electron chi connectivity index (χ0n) is 11.9. The van der Waals surface area contributed by atoms with E-state index >= 15 is 0 Å². The van der Waals surface area contributed by atoms with E-state index < -0.39 is 0 Å². The molecule has 0 spiro atoms. The second-order valence-corrected chi connectivity index (χ2v) is 4.81. The quantitative estimate of drug-likeness (QED) is 0.681. The first kappa shape index (κ1) is 15.0. The Morgan fingerprint density at radius 2 is 2.11 bits per heavy atom. The minimum Gasteiger partial charge on any atom is -0.475 e. The minimum absolute atomic E-state index is 0.254. The Balaban J connectivity index is 2.28. The molecule has 1 heterocycles. The van der Waals surface area contributed by atoms with Gasteiger partial charge >= 0.3 is 0 Å². The summed E-state index contributed by atoms with van der Waals surface area (Å²) in [4.78, 5) is 4.32. The van der Waals surface area contributed by atoms with Crippen LogP contribution in [0.25, 0.3) is 0 Å². The molecule has 0 amide bonds. The van der Waals surface area contributed by atoms with E-state index in [1.54, 1.807) is 0 Å². The third-order valence-electron chi connectivity index (χ3n) is 2.96.